The van der Waals surface area contributed by atoms with Crippen molar-refractivity contribution in [1.82, 2.24) is 15.2 Å². The lowest BCUT2D eigenvalue weighted by Crippen LogP contribution is -2.20. The molecule has 2 aromatic carbocycles. The van der Waals surface area contributed by atoms with Gasteiger partial charge in [-0.2, -0.15) is 5.10 Å². The first kappa shape index (κ1) is 19.7. The molecule has 148 valence electrons. The highest BCUT2D eigenvalue weighted by atomic mass is 16.6. The van der Waals surface area contributed by atoms with Gasteiger partial charge in [0.2, 0.25) is 0 Å². The predicted octanol–water partition coefficient (Wildman–Crippen LogP) is 2.76. The van der Waals surface area contributed by atoms with Crippen molar-refractivity contribution in [3.8, 4) is 5.69 Å². The third-order valence-corrected chi connectivity index (χ3v) is 4.40. The summed E-state index contributed by atoms with van der Waals surface area (Å²) in [7, 11) is 0. The van der Waals surface area contributed by atoms with E-state index in [0.717, 1.165) is 5.56 Å². The summed E-state index contributed by atoms with van der Waals surface area (Å²) < 4.78 is 1.40. The highest BCUT2D eigenvalue weighted by molar-refractivity contribution is 5.95. The Kier molecular flexibility index (Phi) is 5.40. The molecule has 2 N–H and O–H groups in total. The quantitative estimate of drug-likeness (QED) is 0.393. The van der Waals surface area contributed by atoms with E-state index in [1.54, 1.807) is 19.9 Å². The molecule has 0 aliphatic rings. The zero-order valence-corrected chi connectivity index (χ0v) is 16.1. The first-order valence-corrected chi connectivity index (χ1v) is 8.75. The van der Waals surface area contributed by atoms with E-state index in [0.29, 0.717) is 22.5 Å². The second kappa shape index (κ2) is 7.93. The number of benzene rings is 2. The second-order valence-corrected chi connectivity index (χ2v) is 6.59. The van der Waals surface area contributed by atoms with Gasteiger partial charge in [-0.3, -0.25) is 24.8 Å². The van der Waals surface area contributed by atoms with E-state index in [2.05, 4.69) is 15.6 Å². The molecule has 0 radical (unpaired) electrons. The normalized spacial score (nSPS) is 11.0. The molecule has 0 atom stereocenters. The first-order valence-electron chi connectivity index (χ1n) is 8.75. The van der Waals surface area contributed by atoms with Crippen LogP contribution in [-0.2, 0) is 0 Å². The number of nitrogens with zero attached hydrogens (tertiary/aromatic N) is 3. The van der Waals surface area contributed by atoms with Gasteiger partial charge >= 0.3 is 0 Å². The predicted molar refractivity (Wildman–Crippen MR) is 109 cm³/mol. The second-order valence-electron chi connectivity index (χ2n) is 6.59. The van der Waals surface area contributed by atoms with E-state index in [4.69, 9.17) is 0 Å². The molecule has 0 spiro atoms. The number of hydrazone groups is 1. The number of aromatic nitrogens is 2. The van der Waals surface area contributed by atoms with Gasteiger partial charge in [0.05, 0.1) is 22.4 Å². The lowest BCUT2D eigenvalue weighted by molar-refractivity contribution is -0.385. The van der Waals surface area contributed by atoms with Gasteiger partial charge < -0.3 is 0 Å². The summed E-state index contributed by atoms with van der Waals surface area (Å²) >= 11 is 0. The Morgan fingerprint density at radius 1 is 1.21 bits per heavy atom. The number of aryl methyl sites for hydroxylation is 3. The summed E-state index contributed by atoms with van der Waals surface area (Å²) in [6.45, 7) is 5.24. The SMILES string of the molecule is Cc1cccc(-n2[nH]c(C)c(C=NNC(=O)c3ccc(C)c([N+](=O)[O-])c3)c2=O)c1. The molecule has 29 heavy (non-hydrogen) atoms. The standard InChI is InChI=1S/C20H19N5O4/c1-12-5-4-6-16(9-12)24-20(27)17(14(3)23-24)11-21-22-19(26)15-8-7-13(2)18(10-15)25(28)29/h4-11,23H,1-3H3,(H,22,26). The maximum Gasteiger partial charge on any atom is 0.280 e. The smallest absolute Gasteiger partial charge is 0.280 e. The molecule has 3 rings (SSSR count). The van der Waals surface area contributed by atoms with Gasteiger partial charge in [-0.05, 0) is 44.5 Å². The number of aromatic amines is 1. The van der Waals surface area contributed by atoms with E-state index in [1.807, 2.05) is 25.1 Å². The van der Waals surface area contributed by atoms with Crippen LogP contribution in [0.5, 0.6) is 0 Å². The number of H-pyrrole nitrogens is 1. The van der Waals surface area contributed by atoms with Crippen LogP contribution in [0.4, 0.5) is 5.69 Å². The molecular weight excluding hydrogens is 374 g/mol. The van der Waals surface area contributed by atoms with Crippen LogP contribution in [0, 0.1) is 30.9 Å². The first-order chi connectivity index (χ1) is 13.8. The molecule has 0 fully saturated rings. The maximum absolute atomic E-state index is 12.7. The summed E-state index contributed by atoms with van der Waals surface area (Å²) in [5, 5.41) is 17.8. The summed E-state index contributed by atoms with van der Waals surface area (Å²) in [6, 6.07) is 11.6. The van der Waals surface area contributed by atoms with Gasteiger partial charge in [0.15, 0.2) is 0 Å². The van der Waals surface area contributed by atoms with Crippen LogP contribution in [0.15, 0.2) is 52.4 Å². The Bertz CT molecular complexity index is 1190. The van der Waals surface area contributed by atoms with Crippen LogP contribution in [-0.4, -0.2) is 26.8 Å². The zero-order chi connectivity index (χ0) is 21.1. The minimum Gasteiger partial charge on any atom is -0.295 e. The van der Waals surface area contributed by atoms with Gasteiger partial charge in [-0.1, -0.05) is 18.2 Å². The van der Waals surface area contributed by atoms with E-state index >= 15 is 0 Å². The minimum atomic E-state index is -0.614. The Morgan fingerprint density at radius 3 is 2.66 bits per heavy atom. The number of hydrogen-bond donors (Lipinski definition) is 2. The number of nitrogens with one attached hydrogen (secondary N) is 2. The topological polar surface area (TPSA) is 122 Å². The van der Waals surface area contributed by atoms with Crippen molar-refractivity contribution >= 4 is 17.8 Å². The largest absolute Gasteiger partial charge is 0.295 e. The van der Waals surface area contributed by atoms with Crippen LogP contribution < -0.4 is 11.0 Å². The molecule has 9 heteroatoms. The summed E-state index contributed by atoms with van der Waals surface area (Å²) in [5.74, 6) is -0.614. The zero-order valence-electron chi connectivity index (χ0n) is 16.1. The monoisotopic (exact) mass is 393 g/mol. The van der Waals surface area contributed by atoms with Crippen LogP contribution in [0.2, 0.25) is 0 Å². The molecule has 1 amide bonds. The highest BCUT2D eigenvalue weighted by Gasteiger charge is 2.15. The maximum atomic E-state index is 12.7. The minimum absolute atomic E-state index is 0.0995. The summed E-state index contributed by atoms with van der Waals surface area (Å²) in [5.41, 5.74) is 4.96. The highest BCUT2D eigenvalue weighted by Crippen LogP contribution is 2.19. The third kappa shape index (κ3) is 4.13. The number of amides is 1. The van der Waals surface area contributed by atoms with Crippen molar-refractivity contribution in [3.63, 3.8) is 0 Å². The van der Waals surface area contributed by atoms with Crippen molar-refractivity contribution in [3.05, 3.63) is 90.9 Å². The number of carbonyl (C=O) groups excluding carboxylic acids is 1. The fourth-order valence-electron chi connectivity index (χ4n) is 2.83. The van der Waals surface area contributed by atoms with Crippen molar-refractivity contribution in [1.29, 1.82) is 0 Å². The molecule has 0 bridgehead atoms. The van der Waals surface area contributed by atoms with Gasteiger partial charge in [-0.15, -0.1) is 0 Å². The van der Waals surface area contributed by atoms with Gasteiger partial charge in [0.1, 0.15) is 0 Å². The number of hydrogen-bond acceptors (Lipinski definition) is 5. The Labute approximate surface area is 165 Å². The number of carbonyl (C=O) groups is 1. The fraction of sp³-hybridized carbons (Fsp3) is 0.150. The molecule has 9 nitrogen and oxygen atoms in total. The van der Waals surface area contributed by atoms with Crippen LogP contribution in [0.25, 0.3) is 5.69 Å². The molecule has 1 heterocycles. The van der Waals surface area contributed by atoms with E-state index in [-0.39, 0.29) is 16.8 Å². The number of nitro groups is 1. The molecular formula is C20H19N5O4. The van der Waals surface area contributed by atoms with Crippen molar-refractivity contribution in [2.75, 3.05) is 0 Å². The Morgan fingerprint density at radius 2 is 1.97 bits per heavy atom. The van der Waals surface area contributed by atoms with E-state index < -0.39 is 10.8 Å². The molecule has 0 saturated carbocycles. The summed E-state index contributed by atoms with van der Waals surface area (Å²) in [6.07, 6.45) is 1.25. The van der Waals surface area contributed by atoms with E-state index in [9.17, 15) is 19.7 Å². The summed E-state index contributed by atoms with van der Waals surface area (Å²) in [4.78, 5) is 35.3. The lowest BCUT2D eigenvalue weighted by Gasteiger charge is -2.02. The molecule has 0 aliphatic carbocycles. The molecule has 0 saturated heterocycles. The van der Waals surface area contributed by atoms with Crippen molar-refractivity contribution < 1.29 is 9.72 Å². The van der Waals surface area contributed by atoms with Crippen molar-refractivity contribution in [2.45, 2.75) is 20.8 Å². The Hall–Kier alpha value is -4.01. The average molecular weight is 393 g/mol. The average Bonchev–Trinajstić information content (AvgIpc) is 2.96. The number of nitro benzene ring substituents is 1. The van der Waals surface area contributed by atoms with Crippen LogP contribution in [0.1, 0.15) is 32.7 Å². The molecule has 3 aromatic rings. The lowest BCUT2D eigenvalue weighted by atomic mass is 10.1. The van der Waals surface area contributed by atoms with Crippen LogP contribution in [0.3, 0.4) is 0 Å². The molecule has 0 aliphatic heterocycles. The molecule has 1 aromatic heterocycles. The van der Waals surface area contributed by atoms with Gasteiger partial charge in [0, 0.05) is 22.9 Å². The molecule has 0 unspecified atom stereocenters. The van der Waals surface area contributed by atoms with Gasteiger partial charge in [0.25, 0.3) is 17.2 Å². The fourth-order valence-corrected chi connectivity index (χ4v) is 2.83. The van der Waals surface area contributed by atoms with Crippen LogP contribution >= 0.6 is 0 Å². The number of rotatable bonds is 5. The van der Waals surface area contributed by atoms with Crippen molar-refractivity contribution in [2.24, 2.45) is 5.10 Å². The Balaban J connectivity index is 1.81. The van der Waals surface area contributed by atoms with Gasteiger partial charge in [-0.25, -0.2) is 10.1 Å². The van der Waals surface area contributed by atoms with E-state index in [1.165, 1.54) is 29.1 Å². The third-order valence-electron chi connectivity index (χ3n) is 4.40.